The molecule has 0 saturated heterocycles. The Kier molecular flexibility index (Phi) is 7.20. The van der Waals surface area contributed by atoms with Crippen molar-refractivity contribution in [2.24, 2.45) is 0 Å². The van der Waals surface area contributed by atoms with Gasteiger partial charge >= 0.3 is 0 Å². The maximum Gasteiger partial charge on any atom is 0.0973 e. The average molecular weight is 739 g/mol. The second-order valence-electron chi connectivity index (χ2n) is 15.0. The van der Waals surface area contributed by atoms with E-state index in [2.05, 4.69) is 185 Å². The molecule has 12 aromatic rings. The molecule has 0 spiro atoms. The van der Waals surface area contributed by atoms with Crippen LogP contribution in [0.5, 0.6) is 0 Å². The van der Waals surface area contributed by atoms with Gasteiger partial charge in [0.05, 0.1) is 44.5 Å². The Balaban J connectivity index is 1.13. The number of hydrogen-bond acceptors (Lipinski definition) is 2. The number of nitrogens with zero attached hydrogens (tertiary/aromatic N) is 4. The molecule has 0 atom stereocenters. The van der Waals surface area contributed by atoms with Crippen molar-refractivity contribution in [1.82, 2.24) is 19.1 Å². The van der Waals surface area contributed by atoms with Crippen LogP contribution in [0, 0.1) is 0 Å². The molecule has 58 heavy (non-hydrogen) atoms. The van der Waals surface area contributed by atoms with Crippen LogP contribution in [0.25, 0.3) is 110 Å². The fourth-order valence-electron chi connectivity index (χ4n) is 8.92. The largest absolute Gasteiger partial charge is 0.309 e. The molecule has 9 aromatic carbocycles. The van der Waals surface area contributed by atoms with Gasteiger partial charge in [0.2, 0.25) is 0 Å². The van der Waals surface area contributed by atoms with Gasteiger partial charge in [0.25, 0.3) is 0 Å². The zero-order chi connectivity index (χ0) is 38.2. The first-order valence-electron chi connectivity index (χ1n) is 19.7. The second-order valence-corrected chi connectivity index (χ2v) is 15.0. The van der Waals surface area contributed by atoms with E-state index in [0.717, 1.165) is 56.0 Å². The van der Waals surface area contributed by atoms with E-state index < -0.39 is 0 Å². The highest BCUT2D eigenvalue weighted by atomic mass is 15.0. The predicted molar refractivity (Wildman–Crippen MR) is 242 cm³/mol. The highest BCUT2D eigenvalue weighted by molar-refractivity contribution is 6.21. The second kappa shape index (κ2) is 12.9. The van der Waals surface area contributed by atoms with E-state index in [0.29, 0.717) is 0 Å². The molecular formula is C54H34N4. The Morgan fingerprint density at radius 1 is 0.276 bits per heavy atom. The van der Waals surface area contributed by atoms with Gasteiger partial charge in [-0.25, -0.2) is 9.97 Å². The fraction of sp³-hybridized carbons (Fsp3) is 0. The van der Waals surface area contributed by atoms with E-state index in [9.17, 15) is 0 Å². The van der Waals surface area contributed by atoms with Gasteiger partial charge in [0.1, 0.15) is 0 Å². The van der Waals surface area contributed by atoms with Crippen molar-refractivity contribution in [2.45, 2.75) is 0 Å². The van der Waals surface area contributed by atoms with Crippen LogP contribution in [-0.4, -0.2) is 19.1 Å². The summed E-state index contributed by atoms with van der Waals surface area (Å²) in [4.78, 5) is 10.3. The summed E-state index contributed by atoms with van der Waals surface area (Å²) < 4.78 is 4.87. The molecule has 0 fully saturated rings. The SMILES string of the molecule is c1ccc(-c2ccc3c4cc5c6cc7ccccc7cc6n(-c6ccccc6)c5cc4n(-c4ccc(-c5nc6ccccc6nc5-c5ccccc5)cc4)c3c2)cc1. The standard InChI is InChI=1S/C54H34N4/c1-4-14-35(15-5-1)40-26-29-43-45-33-46-44-30-38-18-10-11-19-39(38)31-50(44)57(41-20-8-3-9-21-41)52(46)34-51(45)58(49(43)32-40)42-27-24-37(25-28-42)54-53(36-16-6-2-7-17-36)55-47-22-12-13-23-48(47)56-54/h1-34H. The topological polar surface area (TPSA) is 35.6 Å². The van der Waals surface area contributed by atoms with Crippen LogP contribution < -0.4 is 0 Å². The lowest BCUT2D eigenvalue weighted by Gasteiger charge is -2.13. The molecule has 270 valence electrons. The van der Waals surface area contributed by atoms with Gasteiger partial charge in [-0.15, -0.1) is 0 Å². The molecular weight excluding hydrogens is 705 g/mol. The van der Waals surface area contributed by atoms with Gasteiger partial charge < -0.3 is 9.13 Å². The Morgan fingerprint density at radius 2 is 0.724 bits per heavy atom. The number of para-hydroxylation sites is 3. The molecule has 0 N–H and O–H groups in total. The molecule has 0 aliphatic heterocycles. The number of aromatic nitrogens is 4. The van der Waals surface area contributed by atoms with Crippen molar-refractivity contribution in [3.05, 3.63) is 206 Å². The van der Waals surface area contributed by atoms with E-state index in [1.54, 1.807) is 0 Å². The Morgan fingerprint density at radius 3 is 1.38 bits per heavy atom. The third kappa shape index (κ3) is 5.09. The first kappa shape index (κ1) is 32.4. The minimum absolute atomic E-state index is 0.867. The third-order valence-electron chi connectivity index (χ3n) is 11.7. The summed E-state index contributed by atoms with van der Waals surface area (Å²) in [7, 11) is 0. The van der Waals surface area contributed by atoms with Gasteiger partial charge in [0, 0.05) is 44.0 Å². The van der Waals surface area contributed by atoms with Crippen molar-refractivity contribution in [2.75, 3.05) is 0 Å². The van der Waals surface area contributed by atoms with Crippen molar-refractivity contribution in [3.63, 3.8) is 0 Å². The minimum Gasteiger partial charge on any atom is -0.309 e. The fourth-order valence-corrected chi connectivity index (χ4v) is 8.92. The van der Waals surface area contributed by atoms with Crippen molar-refractivity contribution in [3.8, 4) is 45.0 Å². The molecule has 0 saturated carbocycles. The molecule has 12 rings (SSSR count). The Hall–Kier alpha value is -7.82. The number of benzene rings is 9. The van der Waals surface area contributed by atoms with Crippen LogP contribution >= 0.6 is 0 Å². The van der Waals surface area contributed by atoms with Gasteiger partial charge in [-0.1, -0.05) is 140 Å². The summed E-state index contributed by atoms with van der Waals surface area (Å²) >= 11 is 0. The molecule has 4 heteroatoms. The molecule has 0 bridgehead atoms. The quantitative estimate of drug-likeness (QED) is 0.176. The Labute approximate surface area is 334 Å². The van der Waals surface area contributed by atoms with E-state index in [-0.39, 0.29) is 0 Å². The number of hydrogen-bond donors (Lipinski definition) is 0. The summed E-state index contributed by atoms with van der Waals surface area (Å²) in [5.41, 5.74) is 14.8. The Bertz CT molecular complexity index is 3530. The minimum atomic E-state index is 0.867. The molecule has 3 aromatic heterocycles. The molecule has 0 aliphatic rings. The average Bonchev–Trinajstić information content (AvgIpc) is 3.78. The normalized spacial score (nSPS) is 11.8. The predicted octanol–water partition coefficient (Wildman–Crippen LogP) is 14.0. The maximum absolute atomic E-state index is 5.20. The van der Waals surface area contributed by atoms with Gasteiger partial charge in [0.15, 0.2) is 0 Å². The van der Waals surface area contributed by atoms with Crippen molar-refractivity contribution in [1.29, 1.82) is 0 Å². The molecule has 0 radical (unpaired) electrons. The number of fused-ring (bicyclic) bond motifs is 8. The third-order valence-corrected chi connectivity index (χ3v) is 11.7. The van der Waals surface area contributed by atoms with E-state index in [1.165, 1.54) is 54.5 Å². The zero-order valence-electron chi connectivity index (χ0n) is 31.4. The summed E-state index contributed by atoms with van der Waals surface area (Å²) in [6.45, 7) is 0. The zero-order valence-corrected chi connectivity index (χ0v) is 31.4. The summed E-state index contributed by atoms with van der Waals surface area (Å²) in [6, 6.07) is 73.9. The lowest BCUT2D eigenvalue weighted by Crippen LogP contribution is -1.97. The van der Waals surface area contributed by atoms with E-state index in [1.807, 2.05) is 30.3 Å². The number of rotatable bonds is 5. The first-order chi connectivity index (χ1) is 28.7. The monoisotopic (exact) mass is 738 g/mol. The van der Waals surface area contributed by atoms with E-state index in [4.69, 9.17) is 9.97 Å². The van der Waals surface area contributed by atoms with Crippen molar-refractivity contribution >= 4 is 65.4 Å². The van der Waals surface area contributed by atoms with Crippen molar-refractivity contribution < 1.29 is 0 Å². The highest BCUT2D eigenvalue weighted by Gasteiger charge is 2.20. The molecule has 4 nitrogen and oxygen atoms in total. The lowest BCUT2D eigenvalue weighted by molar-refractivity contribution is 1.16. The van der Waals surface area contributed by atoms with Crippen LogP contribution in [0.3, 0.4) is 0 Å². The molecule has 3 heterocycles. The maximum atomic E-state index is 5.20. The van der Waals surface area contributed by atoms with Gasteiger partial charge in [-0.2, -0.15) is 0 Å². The van der Waals surface area contributed by atoms with E-state index >= 15 is 0 Å². The van der Waals surface area contributed by atoms with Gasteiger partial charge in [-0.05, 0) is 88.6 Å². The van der Waals surface area contributed by atoms with Crippen LogP contribution in [0.15, 0.2) is 206 Å². The lowest BCUT2D eigenvalue weighted by atomic mass is 10.0. The summed E-state index contributed by atoms with van der Waals surface area (Å²) in [5.74, 6) is 0. The van der Waals surface area contributed by atoms with Crippen LogP contribution in [-0.2, 0) is 0 Å². The van der Waals surface area contributed by atoms with Crippen LogP contribution in [0.1, 0.15) is 0 Å². The molecule has 0 aliphatic carbocycles. The van der Waals surface area contributed by atoms with Gasteiger partial charge in [-0.3, -0.25) is 0 Å². The smallest absolute Gasteiger partial charge is 0.0973 e. The first-order valence-corrected chi connectivity index (χ1v) is 19.7. The molecule has 0 unspecified atom stereocenters. The van der Waals surface area contributed by atoms with Crippen LogP contribution in [0.2, 0.25) is 0 Å². The summed E-state index contributed by atoms with van der Waals surface area (Å²) in [6.07, 6.45) is 0. The van der Waals surface area contributed by atoms with Crippen LogP contribution in [0.4, 0.5) is 0 Å². The summed E-state index contributed by atoms with van der Waals surface area (Å²) in [5, 5.41) is 7.39. The molecule has 0 amide bonds. The highest BCUT2D eigenvalue weighted by Crippen LogP contribution is 2.42.